The molecule has 4 rings (SSSR count). The highest BCUT2D eigenvalue weighted by Gasteiger charge is 2.44. The summed E-state index contributed by atoms with van der Waals surface area (Å²) >= 11 is 0. The van der Waals surface area contributed by atoms with Gasteiger partial charge in [-0.3, -0.25) is 9.59 Å². The molecule has 0 radical (unpaired) electrons. The number of carbonyl (C=O) groups excluding carboxylic acids is 2. The second-order valence-corrected chi connectivity index (χ2v) is 9.17. The first kappa shape index (κ1) is 20.4. The molecule has 2 aromatic rings. The first-order valence-corrected chi connectivity index (χ1v) is 10.8. The fraction of sp³-hybridized carbons (Fsp3) is 0.385. The Bertz CT molecular complexity index is 1030. The summed E-state index contributed by atoms with van der Waals surface area (Å²) in [4.78, 5) is 30.9. The normalized spacial score (nSPS) is 22.3. The van der Waals surface area contributed by atoms with Crippen LogP contribution in [0.2, 0.25) is 0 Å². The lowest BCUT2D eigenvalue weighted by Crippen LogP contribution is -2.42. The summed E-state index contributed by atoms with van der Waals surface area (Å²) in [5.41, 5.74) is 5.85. The van der Waals surface area contributed by atoms with Crippen LogP contribution in [0.15, 0.2) is 48.2 Å². The number of nitrogens with zero attached hydrogens (tertiary/aromatic N) is 2. The average Bonchev–Trinajstić information content (AvgIpc) is 2.92. The van der Waals surface area contributed by atoms with Crippen LogP contribution < -0.4 is 4.90 Å². The van der Waals surface area contributed by atoms with Gasteiger partial charge in [0.05, 0.1) is 11.3 Å². The molecule has 2 atom stereocenters. The number of rotatable bonds is 3. The van der Waals surface area contributed by atoms with Crippen molar-refractivity contribution in [2.24, 2.45) is 11.8 Å². The highest BCUT2D eigenvalue weighted by Crippen LogP contribution is 2.38. The summed E-state index contributed by atoms with van der Waals surface area (Å²) in [5, 5.41) is 0. The van der Waals surface area contributed by atoms with E-state index in [1.165, 1.54) is 4.90 Å². The minimum atomic E-state index is -0.225. The van der Waals surface area contributed by atoms with Crippen molar-refractivity contribution in [1.82, 2.24) is 4.90 Å². The van der Waals surface area contributed by atoms with E-state index in [1.807, 2.05) is 57.2 Å². The lowest BCUT2D eigenvalue weighted by Gasteiger charge is -2.37. The Labute approximate surface area is 179 Å². The van der Waals surface area contributed by atoms with Crippen molar-refractivity contribution in [3.05, 3.63) is 70.4 Å². The Hall–Kier alpha value is -2.88. The van der Waals surface area contributed by atoms with Crippen LogP contribution in [0.25, 0.3) is 5.57 Å². The van der Waals surface area contributed by atoms with Crippen molar-refractivity contribution >= 4 is 23.1 Å². The molecule has 156 valence electrons. The largest absolute Gasteiger partial charge is 0.366 e. The van der Waals surface area contributed by atoms with Gasteiger partial charge in [0.25, 0.3) is 11.8 Å². The molecule has 1 fully saturated rings. The summed E-state index contributed by atoms with van der Waals surface area (Å²) in [6, 6.07) is 13.7. The number of hydrogen-bond donors (Lipinski definition) is 0. The minimum absolute atomic E-state index is 0.208. The summed E-state index contributed by atoms with van der Waals surface area (Å²) in [6.45, 7) is 12.1. The van der Waals surface area contributed by atoms with Crippen LogP contribution in [-0.2, 0) is 9.59 Å². The summed E-state index contributed by atoms with van der Waals surface area (Å²) in [5.74, 6) is 0.535. The van der Waals surface area contributed by atoms with E-state index in [2.05, 4.69) is 24.8 Å². The van der Waals surface area contributed by atoms with Gasteiger partial charge in [-0.2, -0.15) is 0 Å². The third-order valence-corrected chi connectivity index (χ3v) is 6.19. The maximum Gasteiger partial charge on any atom is 0.282 e. The van der Waals surface area contributed by atoms with Gasteiger partial charge in [-0.25, -0.2) is 4.90 Å². The second kappa shape index (κ2) is 7.75. The van der Waals surface area contributed by atoms with Crippen LogP contribution in [-0.4, -0.2) is 29.8 Å². The number of anilines is 1. The van der Waals surface area contributed by atoms with Crippen molar-refractivity contribution < 1.29 is 9.59 Å². The Morgan fingerprint density at radius 1 is 0.800 bits per heavy atom. The average molecular weight is 403 g/mol. The molecule has 0 bridgehead atoms. The van der Waals surface area contributed by atoms with Gasteiger partial charge >= 0.3 is 0 Å². The van der Waals surface area contributed by atoms with Crippen molar-refractivity contribution in [2.75, 3.05) is 18.0 Å². The molecule has 1 saturated heterocycles. The van der Waals surface area contributed by atoms with E-state index in [-0.39, 0.29) is 11.8 Å². The molecule has 0 aromatic heterocycles. The smallest absolute Gasteiger partial charge is 0.282 e. The van der Waals surface area contributed by atoms with E-state index in [1.54, 1.807) is 0 Å². The molecule has 0 spiro atoms. The number of hydrogen-bond acceptors (Lipinski definition) is 3. The molecular weight excluding hydrogens is 372 g/mol. The molecule has 2 aliphatic rings. The molecule has 4 nitrogen and oxygen atoms in total. The van der Waals surface area contributed by atoms with Gasteiger partial charge in [0.15, 0.2) is 0 Å². The Morgan fingerprint density at radius 2 is 1.40 bits per heavy atom. The molecule has 2 aliphatic heterocycles. The molecule has 2 aromatic carbocycles. The molecule has 2 amide bonds. The first-order chi connectivity index (χ1) is 14.3. The van der Waals surface area contributed by atoms with Gasteiger partial charge < -0.3 is 4.90 Å². The van der Waals surface area contributed by atoms with E-state index < -0.39 is 0 Å². The maximum absolute atomic E-state index is 13.7. The standard InChI is InChI=1S/C26H30N2O2/c1-16-6-9-21(10-7-16)28-25(29)23(22-11-8-17(2)13-20(22)5)24(26(28)30)27-14-18(3)12-19(4)15-27/h6-11,13,18-19H,12,14-15H2,1-5H3. The number of likely N-dealkylation sites (tertiary alicyclic amines) is 1. The van der Waals surface area contributed by atoms with Crippen LogP contribution in [0.4, 0.5) is 5.69 Å². The van der Waals surface area contributed by atoms with Crippen molar-refractivity contribution in [3.63, 3.8) is 0 Å². The van der Waals surface area contributed by atoms with Gasteiger partial charge in [-0.1, -0.05) is 55.3 Å². The van der Waals surface area contributed by atoms with E-state index in [0.717, 1.165) is 41.8 Å². The number of piperidine rings is 1. The van der Waals surface area contributed by atoms with Crippen LogP contribution in [0.3, 0.4) is 0 Å². The maximum atomic E-state index is 13.7. The second-order valence-electron chi connectivity index (χ2n) is 9.17. The first-order valence-electron chi connectivity index (χ1n) is 10.8. The van der Waals surface area contributed by atoms with Gasteiger partial charge in [-0.15, -0.1) is 0 Å². The zero-order valence-corrected chi connectivity index (χ0v) is 18.5. The van der Waals surface area contributed by atoms with Crippen LogP contribution in [0.5, 0.6) is 0 Å². The molecular formula is C26H30N2O2. The summed E-state index contributed by atoms with van der Waals surface area (Å²) in [7, 11) is 0. The Morgan fingerprint density at radius 3 is 2.00 bits per heavy atom. The molecule has 30 heavy (non-hydrogen) atoms. The summed E-state index contributed by atoms with van der Waals surface area (Å²) < 4.78 is 0. The van der Waals surface area contributed by atoms with Crippen molar-refractivity contribution in [1.29, 1.82) is 0 Å². The molecule has 4 heteroatoms. The predicted octanol–water partition coefficient (Wildman–Crippen LogP) is 4.87. The van der Waals surface area contributed by atoms with Crippen molar-refractivity contribution in [2.45, 2.75) is 41.0 Å². The third kappa shape index (κ3) is 3.55. The number of aryl methyl sites for hydroxylation is 3. The molecule has 0 saturated carbocycles. The fourth-order valence-electron chi connectivity index (χ4n) is 4.92. The molecule has 0 aliphatic carbocycles. The van der Waals surface area contributed by atoms with Crippen LogP contribution in [0, 0.1) is 32.6 Å². The zero-order valence-electron chi connectivity index (χ0n) is 18.5. The minimum Gasteiger partial charge on any atom is -0.366 e. The van der Waals surface area contributed by atoms with Gasteiger partial charge in [0, 0.05) is 13.1 Å². The van der Waals surface area contributed by atoms with E-state index in [9.17, 15) is 9.59 Å². The lowest BCUT2D eigenvalue weighted by molar-refractivity contribution is -0.120. The van der Waals surface area contributed by atoms with Gasteiger partial charge in [0.2, 0.25) is 0 Å². The number of benzene rings is 2. The topological polar surface area (TPSA) is 40.6 Å². The Balaban J connectivity index is 1.86. The quantitative estimate of drug-likeness (QED) is 0.688. The van der Waals surface area contributed by atoms with Crippen LogP contribution in [0.1, 0.15) is 42.5 Å². The van der Waals surface area contributed by atoms with Gasteiger partial charge in [-0.05, 0) is 62.3 Å². The van der Waals surface area contributed by atoms with E-state index in [4.69, 9.17) is 0 Å². The van der Waals surface area contributed by atoms with E-state index >= 15 is 0 Å². The summed E-state index contributed by atoms with van der Waals surface area (Å²) in [6.07, 6.45) is 1.15. The van der Waals surface area contributed by atoms with Gasteiger partial charge in [0.1, 0.15) is 5.70 Å². The highest BCUT2D eigenvalue weighted by molar-refractivity contribution is 6.45. The monoisotopic (exact) mass is 402 g/mol. The lowest BCUT2D eigenvalue weighted by atomic mass is 9.90. The van der Waals surface area contributed by atoms with E-state index in [0.29, 0.717) is 28.8 Å². The SMILES string of the molecule is Cc1ccc(N2C(=O)C(c3ccc(C)cc3C)=C(N3CC(C)CC(C)C3)C2=O)cc1. The number of imide groups is 1. The number of carbonyl (C=O) groups is 2. The predicted molar refractivity (Wildman–Crippen MR) is 121 cm³/mol. The van der Waals surface area contributed by atoms with Crippen LogP contribution >= 0.6 is 0 Å². The molecule has 2 unspecified atom stereocenters. The molecule has 2 heterocycles. The van der Waals surface area contributed by atoms with Crippen molar-refractivity contribution in [3.8, 4) is 0 Å². The Kier molecular flexibility index (Phi) is 5.27. The molecule has 0 N–H and O–H groups in total. The third-order valence-electron chi connectivity index (χ3n) is 6.19. The highest BCUT2D eigenvalue weighted by atomic mass is 16.2. The zero-order chi connectivity index (χ0) is 21.6. The number of amides is 2. The fourth-order valence-corrected chi connectivity index (χ4v) is 4.92.